The highest BCUT2D eigenvalue weighted by atomic mass is 17.3. The SMILES string of the molecule is CCCCC(O)(O)OOC(O)(O)CCCC. The van der Waals surface area contributed by atoms with Crippen molar-refractivity contribution in [3.8, 4) is 0 Å². The van der Waals surface area contributed by atoms with Crippen molar-refractivity contribution < 1.29 is 30.2 Å². The molecule has 0 saturated carbocycles. The lowest BCUT2D eigenvalue weighted by Gasteiger charge is -2.25. The molecule has 4 N–H and O–H groups in total. The van der Waals surface area contributed by atoms with E-state index in [0.717, 1.165) is 12.8 Å². The first-order valence-electron chi connectivity index (χ1n) is 5.59. The summed E-state index contributed by atoms with van der Waals surface area (Å²) < 4.78 is 0. The van der Waals surface area contributed by atoms with Crippen molar-refractivity contribution in [2.45, 2.75) is 64.3 Å². The van der Waals surface area contributed by atoms with Gasteiger partial charge in [0.2, 0.25) is 0 Å². The Hall–Kier alpha value is -0.240. The molecule has 98 valence electrons. The van der Waals surface area contributed by atoms with E-state index in [-0.39, 0.29) is 12.8 Å². The summed E-state index contributed by atoms with van der Waals surface area (Å²) >= 11 is 0. The average Bonchev–Trinajstić information content (AvgIpc) is 2.22. The molecule has 0 aromatic heterocycles. The van der Waals surface area contributed by atoms with Crippen LogP contribution in [0.15, 0.2) is 0 Å². The van der Waals surface area contributed by atoms with E-state index in [2.05, 4.69) is 9.78 Å². The molecule has 0 aliphatic carbocycles. The molecule has 0 amide bonds. The number of rotatable bonds is 9. The Bertz CT molecular complexity index is 160. The molecular formula is C10H22O6. The fraction of sp³-hybridized carbons (Fsp3) is 1.00. The van der Waals surface area contributed by atoms with Gasteiger partial charge in [0.1, 0.15) is 0 Å². The minimum Gasteiger partial charge on any atom is -0.342 e. The number of unbranched alkanes of at least 4 members (excludes halogenated alkanes) is 2. The van der Waals surface area contributed by atoms with Crippen LogP contribution in [0.1, 0.15) is 52.4 Å². The van der Waals surface area contributed by atoms with Crippen molar-refractivity contribution in [1.82, 2.24) is 0 Å². The van der Waals surface area contributed by atoms with Crippen molar-refractivity contribution >= 4 is 0 Å². The number of hydrogen-bond acceptors (Lipinski definition) is 6. The van der Waals surface area contributed by atoms with Crippen LogP contribution in [-0.4, -0.2) is 32.4 Å². The van der Waals surface area contributed by atoms with Gasteiger partial charge in [-0.05, 0) is 12.8 Å². The molecule has 0 saturated heterocycles. The molecule has 0 aliphatic rings. The molecule has 0 radical (unpaired) electrons. The van der Waals surface area contributed by atoms with Crippen LogP contribution in [0.4, 0.5) is 0 Å². The lowest BCUT2D eigenvalue weighted by Crippen LogP contribution is -2.39. The van der Waals surface area contributed by atoms with Crippen molar-refractivity contribution in [3.63, 3.8) is 0 Å². The van der Waals surface area contributed by atoms with Crippen molar-refractivity contribution in [1.29, 1.82) is 0 Å². The summed E-state index contributed by atoms with van der Waals surface area (Å²) in [4.78, 5) is 8.41. The van der Waals surface area contributed by atoms with Crippen LogP contribution >= 0.6 is 0 Å². The quantitative estimate of drug-likeness (QED) is 0.266. The molecule has 0 unspecified atom stereocenters. The second kappa shape index (κ2) is 7.16. The first kappa shape index (κ1) is 15.8. The fourth-order valence-corrected chi connectivity index (χ4v) is 1.03. The molecule has 6 nitrogen and oxygen atoms in total. The van der Waals surface area contributed by atoms with Gasteiger partial charge in [-0.15, -0.1) is 0 Å². The van der Waals surface area contributed by atoms with Crippen LogP contribution < -0.4 is 0 Å². The van der Waals surface area contributed by atoms with Crippen LogP contribution in [0.25, 0.3) is 0 Å². The summed E-state index contributed by atoms with van der Waals surface area (Å²) in [6, 6.07) is 0. The second-order valence-corrected chi connectivity index (χ2v) is 3.86. The largest absolute Gasteiger partial charge is 0.342 e. The van der Waals surface area contributed by atoms with Crippen LogP contribution in [0.5, 0.6) is 0 Å². The summed E-state index contributed by atoms with van der Waals surface area (Å²) in [6.07, 6.45) is 2.43. The van der Waals surface area contributed by atoms with Gasteiger partial charge in [-0.25, -0.2) is 0 Å². The minimum atomic E-state index is -2.49. The third kappa shape index (κ3) is 7.98. The van der Waals surface area contributed by atoms with Gasteiger partial charge in [0, 0.05) is 12.8 Å². The third-order valence-electron chi connectivity index (χ3n) is 2.02. The van der Waals surface area contributed by atoms with Crippen molar-refractivity contribution in [2.75, 3.05) is 0 Å². The van der Waals surface area contributed by atoms with E-state index in [4.69, 9.17) is 0 Å². The lowest BCUT2D eigenvalue weighted by molar-refractivity contribution is -0.576. The summed E-state index contributed by atoms with van der Waals surface area (Å²) in [7, 11) is 0. The zero-order chi connectivity index (χ0) is 12.7. The highest BCUT2D eigenvalue weighted by Crippen LogP contribution is 2.19. The maximum atomic E-state index is 9.22. The molecule has 16 heavy (non-hydrogen) atoms. The molecule has 6 heteroatoms. The van der Waals surface area contributed by atoms with Crippen LogP contribution in [0.3, 0.4) is 0 Å². The smallest absolute Gasteiger partial charge is 0.307 e. The number of hydrogen-bond donors (Lipinski definition) is 4. The van der Waals surface area contributed by atoms with E-state index < -0.39 is 11.9 Å². The van der Waals surface area contributed by atoms with Gasteiger partial charge in [0.05, 0.1) is 0 Å². The summed E-state index contributed by atoms with van der Waals surface area (Å²) in [5.74, 6) is -4.97. The molecule has 0 bridgehead atoms. The molecule has 0 aromatic rings. The highest BCUT2D eigenvalue weighted by Gasteiger charge is 2.32. The van der Waals surface area contributed by atoms with Crippen LogP contribution in [-0.2, 0) is 9.78 Å². The van der Waals surface area contributed by atoms with Gasteiger partial charge in [0.25, 0.3) is 0 Å². The maximum absolute atomic E-state index is 9.22. The topological polar surface area (TPSA) is 99.4 Å². The van der Waals surface area contributed by atoms with E-state index >= 15 is 0 Å². The maximum Gasteiger partial charge on any atom is 0.307 e. The zero-order valence-electron chi connectivity index (χ0n) is 9.85. The molecule has 0 heterocycles. The van der Waals surface area contributed by atoms with E-state index in [1.807, 2.05) is 13.8 Å². The molecule has 0 aromatic carbocycles. The van der Waals surface area contributed by atoms with E-state index in [9.17, 15) is 20.4 Å². The molecule has 0 rings (SSSR count). The first-order chi connectivity index (χ1) is 7.33. The molecule has 0 atom stereocenters. The average molecular weight is 238 g/mol. The molecule has 0 aliphatic heterocycles. The monoisotopic (exact) mass is 238 g/mol. The van der Waals surface area contributed by atoms with Gasteiger partial charge >= 0.3 is 11.9 Å². The van der Waals surface area contributed by atoms with E-state index in [1.54, 1.807) is 0 Å². The van der Waals surface area contributed by atoms with E-state index in [0.29, 0.717) is 12.8 Å². The Morgan fingerprint density at radius 3 is 1.31 bits per heavy atom. The van der Waals surface area contributed by atoms with Crippen molar-refractivity contribution in [3.05, 3.63) is 0 Å². The Kier molecular flexibility index (Phi) is 7.05. The summed E-state index contributed by atoms with van der Waals surface area (Å²) in [6.45, 7) is 3.75. The fourth-order valence-electron chi connectivity index (χ4n) is 1.03. The predicted octanol–water partition coefficient (Wildman–Crippen LogP) is 0.592. The Balaban J connectivity index is 3.91. The standard InChI is InChI=1S/C10H22O6/c1-3-5-7-9(11,12)15-16-10(13,14)8-6-4-2/h11-14H,3-8H2,1-2H3. The van der Waals surface area contributed by atoms with Gasteiger partial charge < -0.3 is 20.4 Å². The second-order valence-electron chi connectivity index (χ2n) is 3.86. The molecule has 0 spiro atoms. The molecule has 0 fully saturated rings. The summed E-state index contributed by atoms with van der Waals surface area (Å²) in [5.41, 5.74) is 0. The van der Waals surface area contributed by atoms with Crippen LogP contribution in [0, 0.1) is 0 Å². The van der Waals surface area contributed by atoms with Crippen LogP contribution in [0.2, 0.25) is 0 Å². The Labute approximate surface area is 95.4 Å². The highest BCUT2D eigenvalue weighted by molar-refractivity contribution is 4.51. The molecular weight excluding hydrogens is 216 g/mol. The Morgan fingerprint density at radius 1 is 0.750 bits per heavy atom. The lowest BCUT2D eigenvalue weighted by atomic mass is 10.2. The normalized spacial score (nSPS) is 13.1. The zero-order valence-corrected chi connectivity index (χ0v) is 9.85. The van der Waals surface area contributed by atoms with Gasteiger partial charge in [0.15, 0.2) is 0 Å². The van der Waals surface area contributed by atoms with E-state index in [1.165, 1.54) is 0 Å². The summed E-state index contributed by atoms with van der Waals surface area (Å²) in [5, 5.41) is 36.9. The van der Waals surface area contributed by atoms with Gasteiger partial charge in [-0.2, -0.15) is 9.78 Å². The number of aliphatic hydroxyl groups is 4. The van der Waals surface area contributed by atoms with Gasteiger partial charge in [-0.1, -0.05) is 26.7 Å². The third-order valence-corrected chi connectivity index (χ3v) is 2.02. The predicted molar refractivity (Wildman–Crippen MR) is 55.6 cm³/mol. The van der Waals surface area contributed by atoms with Gasteiger partial charge in [-0.3, -0.25) is 0 Å². The van der Waals surface area contributed by atoms with Crippen molar-refractivity contribution in [2.24, 2.45) is 0 Å². The Morgan fingerprint density at radius 2 is 1.06 bits per heavy atom. The first-order valence-corrected chi connectivity index (χ1v) is 5.59. The minimum absolute atomic E-state index is 0.0621.